The van der Waals surface area contributed by atoms with Gasteiger partial charge in [0, 0.05) is 12.2 Å². The number of carbonyl (C=O) groups is 1. The fraction of sp³-hybridized carbons (Fsp3) is 0.588. The van der Waals surface area contributed by atoms with Crippen molar-refractivity contribution < 1.29 is 26.4 Å². The Morgan fingerprint density at radius 2 is 1.72 bits per heavy atom. The van der Waals surface area contributed by atoms with E-state index in [1.165, 1.54) is 36.9 Å². The molecule has 1 fully saturated rings. The van der Waals surface area contributed by atoms with Crippen LogP contribution in [0.4, 0.5) is 18.9 Å². The van der Waals surface area contributed by atoms with E-state index in [0.717, 1.165) is 0 Å². The summed E-state index contributed by atoms with van der Waals surface area (Å²) in [6, 6.07) is 5.86. The average molecular weight is 375 g/mol. The molecule has 1 amide bonds. The molecule has 2 aliphatic rings. The van der Waals surface area contributed by atoms with Gasteiger partial charge in [-0.15, -0.1) is 0 Å². The van der Waals surface area contributed by atoms with E-state index < -0.39 is 37.8 Å². The van der Waals surface area contributed by atoms with Crippen molar-refractivity contribution >= 4 is 21.4 Å². The minimum Gasteiger partial charge on any atom is -0.311 e. The second-order valence-corrected chi connectivity index (χ2v) is 9.93. The molecule has 1 unspecified atom stereocenters. The molecule has 1 atom stereocenters. The number of carbonyl (C=O) groups excluding carboxylic acids is 1. The van der Waals surface area contributed by atoms with Crippen molar-refractivity contribution in [3.8, 4) is 0 Å². The van der Waals surface area contributed by atoms with Crippen LogP contribution >= 0.6 is 0 Å². The van der Waals surface area contributed by atoms with Gasteiger partial charge in [0.2, 0.25) is 5.91 Å². The lowest BCUT2D eigenvalue weighted by Gasteiger charge is -2.38. The van der Waals surface area contributed by atoms with Crippen LogP contribution < -0.4 is 4.90 Å². The van der Waals surface area contributed by atoms with Crippen LogP contribution in [0.25, 0.3) is 0 Å². The molecule has 8 heteroatoms. The summed E-state index contributed by atoms with van der Waals surface area (Å²) in [6.07, 6.45) is -3.61. The van der Waals surface area contributed by atoms with Crippen molar-refractivity contribution in [1.82, 2.24) is 0 Å². The van der Waals surface area contributed by atoms with Gasteiger partial charge >= 0.3 is 6.18 Å². The molecule has 0 bridgehead atoms. The Kier molecular flexibility index (Phi) is 4.17. The van der Waals surface area contributed by atoms with Crippen molar-refractivity contribution in [2.75, 3.05) is 11.4 Å². The topological polar surface area (TPSA) is 54.5 Å². The van der Waals surface area contributed by atoms with Gasteiger partial charge in [-0.3, -0.25) is 4.79 Å². The maximum absolute atomic E-state index is 13.3. The normalized spacial score (nSPS) is 21.8. The Hall–Kier alpha value is -1.57. The van der Waals surface area contributed by atoms with Gasteiger partial charge in [0.05, 0.1) is 11.2 Å². The zero-order chi connectivity index (χ0) is 18.6. The lowest BCUT2D eigenvalue weighted by Crippen LogP contribution is -2.53. The molecule has 0 spiro atoms. The van der Waals surface area contributed by atoms with E-state index in [1.807, 2.05) is 0 Å². The molecule has 1 aliphatic heterocycles. The van der Waals surface area contributed by atoms with Gasteiger partial charge in [0.15, 0.2) is 9.84 Å². The van der Waals surface area contributed by atoms with Gasteiger partial charge in [0.1, 0.15) is 4.75 Å². The number of hydrogen-bond acceptors (Lipinski definition) is 3. The lowest BCUT2D eigenvalue weighted by molar-refractivity contribution is -0.152. The summed E-state index contributed by atoms with van der Waals surface area (Å²) in [5, 5.41) is -0.519. The first-order valence-corrected chi connectivity index (χ1v) is 9.73. The summed E-state index contributed by atoms with van der Waals surface area (Å²) < 4.78 is 63.4. The van der Waals surface area contributed by atoms with Crippen LogP contribution in [0.5, 0.6) is 0 Å². The fourth-order valence-electron chi connectivity index (χ4n) is 3.35. The fourth-order valence-corrected chi connectivity index (χ4v) is 5.30. The number of halogens is 3. The number of para-hydroxylation sites is 1. The van der Waals surface area contributed by atoms with Gasteiger partial charge in [-0.05, 0) is 44.7 Å². The number of nitrogens with zero attached hydrogens (tertiary/aromatic N) is 1. The van der Waals surface area contributed by atoms with Crippen molar-refractivity contribution in [3.63, 3.8) is 0 Å². The molecule has 0 radical (unpaired) electrons. The van der Waals surface area contributed by atoms with Crippen LogP contribution in [0.15, 0.2) is 24.3 Å². The van der Waals surface area contributed by atoms with E-state index in [9.17, 15) is 26.4 Å². The molecule has 4 nitrogen and oxygen atoms in total. The number of hydrogen-bond donors (Lipinski definition) is 0. The number of alkyl halides is 3. The van der Waals surface area contributed by atoms with Crippen LogP contribution in [0.2, 0.25) is 0 Å². The Morgan fingerprint density at radius 3 is 2.28 bits per heavy atom. The largest absolute Gasteiger partial charge is 0.395 e. The van der Waals surface area contributed by atoms with E-state index in [-0.39, 0.29) is 24.2 Å². The molecule has 25 heavy (non-hydrogen) atoms. The van der Waals surface area contributed by atoms with Gasteiger partial charge in [0.25, 0.3) is 0 Å². The molecular weight excluding hydrogens is 355 g/mol. The molecule has 138 valence electrons. The Balaban J connectivity index is 1.99. The molecule has 0 N–H and O–H groups in total. The summed E-state index contributed by atoms with van der Waals surface area (Å²) in [6.45, 7) is 2.55. The molecular formula is C17H20F3NO3S. The van der Waals surface area contributed by atoms with Gasteiger partial charge in [-0.2, -0.15) is 13.2 Å². The number of amides is 1. The predicted octanol–water partition coefficient (Wildman–Crippen LogP) is 3.43. The highest BCUT2D eigenvalue weighted by atomic mass is 32.2. The van der Waals surface area contributed by atoms with Gasteiger partial charge in [-0.1, -0.05) is 18.2 Å². The van der Waals surface area contributed by atoms with E-state index in [1.54, 1.807) is 6.07 Å². The highest BCUT2D eigenvalue weighted by Crippen LogP contribution is 2.46. The van der Waals surface area contributed by atoms with Crippen LogP contribution in [0.1, 0.15) is 44.6 Å². The third-order valence-corrected chi connectivity index (χ3v) is 8.02. The standard InChI is InChI=1S/C17H20F3NO3S/c1-16(2,25(23,24)11-7-8-11)15(22)21-10-9-13(17(18,19)20)12-5-3-4-6-14(12)21/h3-6,11,13H,7-10H2,1-2H3. The first-order valence-electron chi connectivity index (χ1n) is 8.19. The quantitative estimate of drug-likeness (QED) is 0.813. The molecule has 1 heterocycles. The maximum Gasteiger partial charge on any atom is 0.395 e. The third-order valence-electron chi connectivity index (χ3n) is 5.07. The molecule has 1 saturated carbocycles. The predicted molar refractivity (Wildman–Crippen MR) is 88.2 cm³/mol. The molecule has 0 aromatic heterocycles. The highest BCUT2D eigenvalue weighted by Gasteiger charge is 2.53. The Morgan fingerprint density at radius 1 is 1.12 bits per heavy atom. The van der Waals surface area contributed by atoms with Gasteiger partial charge < -0.3 is 4.90 Å². The van der Waals surface area contributed by atoms with E-state index in [4.69, 9.17) is 0 Å². The number of fused-ring (bicyclic) bond motifs is 1. The maximum atomic E-state index is 13.3. The second-order valence-electron chi connectivity index (χ2n) is 7.15. The van der Waals surface area contributed by atoms with Crippen LogP contribution in [0, 0.1) is 0 Å². The minimum atomic E-state index is -4.40. The highest BCUT2D eigenvalue weighted by molar-refractivity contribution is 7.94. The van der Waals surface area contributed by atoms with Crippen molar-refractivity contribution in [2.45, 2.75) is 55.2 Å². The third kappa shape index (κ3) is 2.94. The van der Waals surface area contributed by atoms with Crippen LogP contribution in [-0.2, 0) is 14.6 Å². The lowest BCUT2D eigenvalue weighted by atomic mass is 9.89. The monoisotopic (exact) mass is 375 g/mol. The molecule has 0 saturated heterocycles. The smallest absolute Gasteiger partial charge is 0.311 e. The van der Waals surface area contributed by atoms with E-state index in [0.29, 0.717) is 12.8 Å². The van der Waals surface area contributed by atoms with Crippen molar-refractivity contribution in [2.24, 2.45) is 0 Å². The number of rotatable bonds is 3. The SMILES string of the molecule is CC(C)(C(=O)N1CCC(C(F)(F)F)c2ccccc21)S(=O)(=O)C1CC1. The summed E-state index contributed by atoms with van der Waals surface area (Å²) in [5.74, 6) is -2.30. The van der Waals surface area contributed by atoms with Crippen LogP contribution in [0.3, 0.4) is 0 Å². The van der Waals surface area contributed by atoms with Gasteiger partial charge in [-0.25, -0.2) is 8.42 Å². The summed E-state index contributed by atoms with van der Waals surface area (Å²) in [7, 11) is -3.67. The zero-order valence-corrected chi connectivity index (χ0v) is 14.8. The number of anilines is 1. The van der Waals surface area contributed by atoms with E-state index >= 15 is 0 Å². The first-order chi connectivity index (χ1) is 11.5. The van der Waals surface area contributed by atoms with Crippen molar-refractivity contribution in [3.05, 3.63) is 29.8 Å². The number of benzene rings is 1. The molecule has 1 aliphatic carbocycles. The van der Waals surface area contributed by atoms with Crippen molar-refractivity contribution in [1.29, 1.82) is 0 Å². The summed E-state index contributed by atoms with van der Waals surface area (Å²) in [5.41, 5.74) is 0.175. The first kappa shape index (κ1) is 18.2. The molecule has 3 rings (SSSR count). The minimum absolute atomic E-state index is 0.0224. The molecule has 1 aromatic carbocycles. The average Bonchev–Trinajstić information content (AvgIpc) is 3.37. The number of sulfone groups is 1. The molecule has 1 aromatic rings. The zero-order valence-electron chi connectivity index (χ0n) is 14.0. The summed E-state index contributed by atoms with van der Waals surface area (Å²) >= 11 is 0. The Labute approximate surface area is 144 Å². The summed E-state index contributed by atoms with van der Waals surface area (Å²) in [4.78, 5) is 14.2. The van der Waals surface area contributed by atoms with E-state index in [2.05, 4.69) is 0 Å². The Bertz CT molecular complexity index is 798. The second kappa shape index (κ2) is 5.72. The van der Waals surface area contributed by atoms with Crippen LogP contribution in [-0.4, -0.2) is 37.0 Å².